The molecule has 1 aliphatic rings. The summed E-state index contributed by atoms with van der Waals surface area (Å²) in [4.78, 5) is 14.9. The van der Waals surface area contributed by atoms with E-state index >= 15 is 0 Å². The minimum atomic E-state index is -0.517. The van der Waals surface area contributed by atoms with Crippen LogP contribution in [0, 0.1) is 0 Å². The van der Waals surface area contributed by atoms with Crippen LogP contribution in [0.1, 0.15) is 28.6 Å². The zero-order valence-corrected chi connectivity index (χ0v) is 14.8. The van der Waals surface area contributed by atoms with E-state index in [9.17, 15) is 9.90 Å². The Kier molecular flexibility index (Phi) is 4.26. The number of hydrogen-bond donors (Lipinski definition) is 2. The summed E-state index contributed by atoms with van der Waals surface area (Å²) in [6.07, 6.45) is 3.44. The predicted molar refractivity (Wildman–Crippen MR) is 96.7 cm³/mol. The molecule has 1 saturated carbocycles. The van der Waals surface area contributed by atoms with E-state index in [1.165, 1.54) is 0 Å². The third-order valence-electron chi connectivity index (χ3n) is 4.83. The maximum absolute atomic E-state index is 12.9. The van der Waals surface area contributed by atoms with Gasteiger partial charge in [0.05, 0.1) is 18.2 Å². The lowest BCUT2D eigenvalue weighted by Crippen LogP contribution is -2.56. The highest BCUT2D eigenvalue weighted by atomic mass is 16.3. The van der Waals surface area contributed by atoms with Gasteiger partial charge in [-0.05, 0) is 32.6 Å². The van der Waals surface area contributed by atoms with E-state index in [1.807, 2.05) is 43.3 Å². The molecule has 1 amide bonds. The number of carbonyl (C=O) groups excluding carboxylic acids is 1. The van der Waals surface area contributed by atoms with Gasteiger partial charge in [-0.1, -0.05) is 18.2 Å². The normalized spacial score (nSPS) is 22.5. The van der Waals surface area contributed by atoms with Gasteiger partial charge in [0.2, 0.25) is 0 Å². The smallest absolute Gasteiger partial charge is 0.287 e. The van der Waals surface area contributed by atoms with Gasteiger partial charge in [-0.15, -0.1) is 0 Å². The van der Waals surface area contributed by atoms with E-state index in [0.717, 1.165) is 10.9 Å². The summed E-state index contributed by atoms with van der Waals surface area (Å²) < 4.78 is 7.55. The maximum atomic E-state index is 12.9. The molecule has 2 heterocycles. The third kappa shape index (κ3) is 2.89. The minimum Gasteiger partial charge on any atom is -0.451 e. The summed E-state index contributed by atoms with van der Waals surface area (Å²) in [5.74, 6) is 0.0765. The van der Waals surface area contributed by atoms with Gasteiger partial charge in [-0.3, -0.25) is 9.48 Å². The number of furan rings is 1. The summed E-state index contributed by atoms with van der Waals surface area (Å²) in [6, 6.07) is 9.03. The highest BCUT2D eigenvalue weighted by Gasteiger charge is 2.43. The number of fused-ring (bicyclic) bond motifs is 1. The Bertz CT molecular complexity index is 916. The standard InChI is InChI=1S/C19H22N4O3/c1-22(2)11-13-12-6-3-4-7-16(12)26-18(13)19(25)21-14-10-15(24)17(14)23-9-5-8-20-23/h3-9,14-15,17,24H,10-11H2,1-2H3,(H,21,25)/t14-,15+,17+/m0/s1. The number of amides is 1. The van der Waals surface area contributed by atoms with Crippen LogP contribution >= 0.6 is 0 Å². The van der Waals surface area contributed by atoms with Crippen molar-refractivity contribution in [2.75, 3.05) is 14.1 Å². The van der Waals surface area contributed by atoms with Gasteiger partial charge in [-0.2, -0.15) is 5.10 Å². The highest BCUT2D eigenvalue weighted by molar-refractivity contribution is 5.99. The molecule has 1 aromatic carbocycles. The van der Waals surface area contributed by atoms with E-state index in [-0.39, 0.29) is 18.0 Å². The second-order valence-corrected chi connectivity index (χ2v) is 7.00. The zero-order chi connectivity index (χ0) is 18.3. The van der Waals surface area contributed by atoms with Crippen molar-refractivity contribution >= 4 is 16.9 Å². The Hall–Kier alpha value is -2.64. The fraction of sp³-hybridized carbons (Fsp3) is 0.368. The summed E-state index contributed by atoms with van der Waals surface area (Å²) >= 11 is 0. The van der Waals surface area contributed by atoms with E-state index in [4.69, 9.17) is 4.42 Å². The molecule has 26 heavy (non-hydrogen) atoms. The number of carbonyl (C=O) groups is 1. The molecule has 2 aromatic heterocycles. The lowest BCUT2D eigenvalue weighted by Gasteiger charge is -2.41. The Morgan fingerprint density at radius 3 is 2.88 bits per heavy atom. The van der Waals surface area contributed by atoms with Gasteiger partial charge in [0.1, 0.15) is 5.58 Å². The second-order valence-electron chi connectivity index (χ2n) is 7.00. The first-order valence-electron chi connectivity index (χ1n) is 8.68. The Morgan fingerprint density at radius 1 is 1.38 bits per heavy atom. The van der Waals surface area contributed by atoms with Crippen molar-refractivity contribution in [3.05, 3.63) is 54.0 Å². The van der Waals surface area contributed by atoms with Crippen molar-refractivity contribution < 1.29 is 14.3 Å². The average molecular weight is 354 g/mol. The van der Waals surface area contributed by atoms with E-state index in [0.29, 0.717) is 24.3 Å². The van der Waals surface area contributed by atoms with Crippen molar-refractivity contribution in [1.82, 2.24) is 20.0 Å². The Labute approximate surface area is 151 Å². The van der Waals surface area contributed by atoms with E-state index in [2.05, 4.69) is 10.4 Å². The van der Waals surface area contributed by atoms with Gasteiger partial charge in [0, 0.05) is 29.9 Å². The van der Waals surface area contributed by atoms with Gasteiger partial charge >= 0.3 is 0 Å². The lowest BCUT2D eigenvalue weighted by atomic mass is 9.83. The molecule has 1 fully saturated rings. The molecule has 0 aliphatic heterocycles. The molecule has 136 valence electrons. The van der Waals surface area contributed by atoms with Gasteiger partial charge in [-0.25, -0.2) is 0 Å². The molecule has 7 nitrogen and oxygen atoms in total. The second kappa shape index (κ2) is 6.59. The molecule has 0 radical (unpaired) electrons. The molecule has 0 bridgehead atoms. The maximum Gasteiger partial charge on any atom is 0.287 e. The quantitative estimate of drug-likeness (QED) is 0.730. The number of aromatic nitrogens is 2. The number of nitrogens with zero attached hydrogens (tertiary/aromatic N) is 3. The zero-order valence-electron chi connectivity index (χ0n) is 14.8. The van der Waals surface area contributed by atoms with Crippen molar-refractivity contribution in [2.45, 2.75) is 31.2 Å². The predicted octanol–water partition coefficient (Wildman–Crippen LogP) is 1.80. The third-order valence-corrected chi connectivity index (χ3v) is 4.83. The molecule has 1 aliphatic carbocycles. The van der Waals surface area contributed by atoms with Gasteiger partial charge in [0.25, 0.3) is 5.91 Å². The number of para-hydroxylation sites is 1. The minimum absolute atomic E-state index is 0.183. The number of nitrogens with one attached hydrogen (secondary N) is 1. The van der Waals surface area contributed by atoms with Crippen molar-refractivity contribution in [1.29, 1.82) is 0 Å². The Balaban J connectivity index is 1.60. The summed E-state index contributed by atoms with van der Waals surface area (Å²) in [5, 5.41) is 18.2. The molecule has 2 N–H and O–H groups in total. The van der Waals surface area contributed by atoms with Gasteiger partial charge in [0.15, 0.2) is 5.76 Å². The van der Waals surface area contributed by atoms with Gasteiger partial charge < -0.3 is 19.7 Å². The fourth-order valence-electron chi connectivity index (χ4n) is 3.56. The summed E-state index contributed by atoms with van der Waals surface area (Å²) in [5.41, 5.74) is 1.57. The van der Waals surface area contributed by atoms with E-state index in [1.54, 1.807) is 23.1 Å². The largest absolute Gasteiger partial charge is 0.451 e. The number of benzene rings is 1. The Morgan fingerprint density at radius 2 is 2.19 bits per heavy atom. The van der Waals surface area contributed by atoms with Crippen molar-refractivity contribution in [3.8, 4) is 0 Å². The van der Waals surface area contributed by atoms with E-state index < -0.39 is 6.10 Å². The van der Waals surface area contributed by atoms with Crippen LogP contribution in [-0.2, 0) is 6.54 Å². The van der Waals surface area contributed by atoms with Crippen LogP contribution in [-0.4, -0.2) is 51.9 Å². The molecule has 0 spiro atoms. The monoisotopic (exact) mass is 354 g/mol. The first kappa shape index (κ1) is 16.8. The molecular weight excluding hydrogens is 332 g/mol. The van der Waals surface area contributed by atoms with Crippen LogP contribution in [0.5, 0.6) is 0 Å². The number of aliphatic hydroxyl groups excluding tert-OH is 1. The lowest BCUT2D eigenvalue weighted by molar-refractivity contribution is -0.00624. The SMILES string of the molecule is CN(C)Cc1c(C(=O)N[C@H]2C[C@@H](O)[C@@H]2n2cccn2)oc2ccccc12. The average Bonchev–Trinajstić information content (AvgIpc) is 3.22. The van der Waals surface area contributed by atoms with Crippen molar-refractivity contribution in [2.24, 2.45) is 0 Å². The highest BCUT2D eigenvalue weighted by Crippen LogP contribution is 2.33. The van der Waals surface area contributed by atoms with Crippen LogP contribution in [0.4, 0.5) is 0 Å². The fourth-order valence-corrected chi connectivity index (χ4v) is 3.56. The number of hydrogen-bond acceptors (Lipinski definition) is 5. The molecule has 3 aromatic rings. The molecule has 4 rings (SSSR count). The molecule has 7 heteroatoms. The molecule has 0 unspecified atom stereocenters. The van der Waals surface area contributed by atoms with Crippen LogP contribution in [0.15, 0.2) is 47.1 Å². The van der Waals surface area contributed by atoms with Crippen LogP contribution in [0.25, 0.3) is 11.0 Å². The molecule has 0 saturated heterocycles. The topological polar surface area (TPSA) is 83.5 Å². The number of aliphatic hydroxyl groups is 1. The number of rotatable bonds is 5. The molecule has 3 atom stereocenters. The summed E-state index contributed by atoms with van der Waals surface area (Å²) in [7, 11) is 3.92. The van der Waals surface area contributed by atoms with Crippen molar-refractivity contribution in [3.63, 3.8) is 0 Å². The molecular formula is C19H22N4O3. The first-order valence-corrected chi connectivity index (χ1v) is 8.68. The van der Waals surface area contributed by atoms with Crippen LogP contribution in [0.2, 0.25) is 0 Å². The van der Waals surface area contributed by atoms with Crippen LogP contribution in [0.3, 0.4) is 0 Å². The summed E-state index contributed by atoms with van der Waals surface area (Å²) in [6.45, 7) is 0.607. The first-order chi connectivity index (χ1) is 12.5. The van der Waals surface area contributed by atoms with Crippen LogP contribution < -0.4 is 5.32 Å².